The normalized spacial score (nSPS) is 14.1. The summed E-state index contributed by atoms with van der Waals surface area (Å²) >= 11 is 0. The second kappa shape index (κ2) is 6.18. The van der Waals surface area contributed by atoms with E-state index in [2.05, 4.69) is 0 Å². The zero-order chi connectivity index (χ0) is 12.0. The van der Waals surface area contributed by atoms with Crippen molar-refractivity contribution >= 4 is 12.1 Å². The molecule has 0 saturated heterocycles. The maximum absolute atomic E-state index is 11.6. The van der Waals surface area contributed by atoms with Gasteiger partial charge in [0.05, 0.1) is 6.04 Å². The summed E-state index contributed by atoms with van der Waals surface area (Å²) in [6.45, 7) is 1.67. The van der Waals surface area contributed by atoms with Crippen LogP contribution in [0.1, 0.15) is 18.9 Å². The number of rotatable bonds is 6. The molecule has 0 bridgehead atoms. The van der Waals surface area contributed by atoms with Gasteiger partial charge in [-0.3, -0.25) is 9.59 Å². The lowest BCUT2D eigenvalue weighted by atomic mass is 9.97. The van der Waals surface area contributed by atoms with Crippen LogP contribution >= 0.6 is 0 Å². The molecule has 1 aromatic rings. The highest BCUT2D eigenvalue weighted by Crippen LogP contribution is 2.06. The lowest BCUT2D eigenvalue weighted by Crippen LogP contribution is -2.33. The number of carbonyl (C=O) groups is 1. The maximum atomic E-state index is 11.6. The predicted octanol–water partition coefficient (Wildman–Crippen LogP) is 1.26. The van der Waals surface area contributed by atoms with Crippen molar-refractivity contribution < 1.29 is 9.59 Å². The highest BCUT2D eigenvalue weighted by Gasteiger charge is 2.16. The molecule has 16 heavy (non-hydrogen) atoms. The monoisotopic (exact) mass is 218 g/mol. The van der Waals surface area contributed by atoms with Crippen LogP contribution in [0.15, 0.2) is 30.3 Å². The van der Waals surface area contributed by atoms with Crippen LogP contribution in [0.25, 0.3) is 0 Å². The van der Waals surface area contributed by atoms with Crippen LogP contribution < -0.4 is 5.73 Å². The molecule has 0 unspecified atom stereocenters. The van der Waals surface area contributed by atoms with Gasteiger partial charge in [0.25, 0.3) is 0 Å². The molecule has 0 saturated carbocycles. The van der Waals surface area contributed by atoms with Crippen molar-refractivity contribution in [2.75, 3.05) is 0 Å². The van der Waals surface area contributed by atoms with E-state index in [1.54, 1.807) is 13.2 Å². The third-order valence-electron chi connectivity index (χ3n) is 2.42. The number of carbonyl (C=O) groups excluding carboxylic acids is 2. The number of hydrogen-bond donors (Lipinski definition) is 1. The largest absolute Gasteiger partial charge is 0.321 e. The van der Waals surface area contributed by atoms with Gasteiger partial charge in [0, 0.05) is 12.3 Å². The molecule has 0 heterocycles. The first-order valence-corrected chi connectivity index (χ1v) is 5.33. The summed E-state index contributed by atoms with van der Waals surface area (Å²) < 4.78 is 0. The molecule has 2 N–H and O–H groups in total. The highest BCUT2D eigenvalue weighted by atomic mass is 16.1. The molecule has 0 amide bonds. The molecule has 0 aliphatic rings. The third-order valence-corrected chi connectivity index (χ3v) is 2.42. The summed E-state index contributed by atoms with van der Waals surface area (Å²) in [6.07, 6.45) is 2.49. The van der Waals surface area contributed by atoms with Crippen LogP contribution in [0.5, 0.6) is 0 Å². The minimum atomic E-state index is -0.529. The van der Waals surface area contributed by atoms with Crippen LogP contribution in [-0.4, -0.2) is 18.1 Å². The van der Waals surface area contributed by atoms with Gasteiger partial charge in [0.2, 0.25) is 6.29 Å². The zero-order valence-corrected chi connectivity index (χ0v) is 9.35. The first kappa shape index (κ1) is 12.6. The van der Waals surface area contributed by atoms with Gasteiger partial charge in [0.1, 0.15) is 0 Å². The molecule has 0 spiro atoms. The van der Waals surface area contributed by atoms with Gasteiger partial charge in [-0.2, -0.15) is 0 Å². The lowest BCUT2D eigenvalue weighted by Gasteiger charge is -2.11. The third kappa shape index (κ3) is 3.95. The SMILES string of the molecule is C[C@H]([C]=O)CC(=O)[C@H](N)Cc1ccccc1. The summed E-state index contributed by atoms with van der Waals surface area (Å²) in [7, 11) is 0. The Kier molecular flexibility index (Phi) is 4.86. The molecule has 0 aliphatic heterocycles. The zero-order valence-electron chi connectivity index (χ0n) is 9.35. The molecular formula is C13H16NO2. The van der Waals surface area contributed by atoms with Gasteiger partial charge in [0.15, 0.2) is 5.78 Å². The summed E-state index contributed by atoms with van der Waals surface area (Å²) in [5, 5.41) is 0. The van der Waals surface area contributed by atoms with Crippen molar-refractivity contribution in [2.24, 2.45) is 11.7 Å². The van der Waals surface area contributed by atoms with Crippen LogP contribution in [0.2, 0.25) is 0 Å². The van der Waals surface area contributed by atoms with Gasteiger partial charge >= 0.3 is 0 Å². The Morgan fingerprint density at radius 1 is 1.38 bits per heavy atom. The highest BCUT2D eigenvalue weighted by molar-refractivity contribution is 5.86. The molecule has 2 atom stereocenters. The number of benzene rings is 1. The number of hydrogen-bond acceptors (Lipinski definition) is 3. The topological polar surface area (TPSA) is 60.2 Å². The fourth-order valence-electron chi connectivity index (χ4n) is 1.48. The Labute approximate surface area is 95.6 Å². The second-order valence-corrected chi connectivity index (χ2v) is 3.99. The average Bonchev–Trinajstić information content (AvgIpc) is 2.30. The van der Waals surface area contributed by atoms with Crippen molar-refractivity contribution in [1.29, 1.82) is 0 Å². The van der Waals surface area contributed by atoms with E-state index in [9.17, 15) is 9.59 Å². The van der Waals surface area contributed by atoms with E-state index >= 15 is 0 Å². The van der Waals surface area contributed by atoms with Crippen molar-refractivity contribution in [3.05, 3.63) is 35.9 Å². The van der Waals surface area contributed by atoms with Crippen LogP contribution in [-0.2, 0) is 16.0 Å². The molecule has 0 aromatic heterocycles. The van der Waals surface area contributed by atoms with Crippen molar-refractivity contribution in [2.45, 2.75) is 25.8 Å². The first-order valence-electron chi connectivity index (χ1n) is 5.33. The molecule has 3 heteroatoms. The van der Waals surface area contributed by atoms with Crippen molar-refractivity contribution in [3.8, 4) is 0 Å². The van der Waals surface area contributed by atoms with E-state index in [1.807, 2.05) is 30.3 Å². The maximum Gasteiger partial charge on any atom is 0.201 e. The molecule has 1 aromatic carbocycles. The van der Waals surface area contributed by atoms with E-state index in [1.165, 1.54) is 0 Å². The molecule has 1 radical (unpaired) electrons. The van der Waals surface area contributed by atoms with Gasteiger partial charge < -0.3 is 5.73 Å². The number of ketones is 1. The average molecular weight is 218 g/mol. The minimum Gasteiger partial charge on any atom is -0.321 e. The van der Waals surface area contributed by atoms with Gasteiger partial charge in [-0.25, -0.2) is 0 Å². The summed E-state index contributed by atoms with van der Waals surface area (Å²) in [5.41, 5.74) is 6.81. The quantitative estimate of drug-likeness (QED) is 0.782. The molecule has 0 aliphatic carbocycles. The van der Waals surface area contributed by atoms with Crippen LogP contribution in [0.3, 0.4) is 0 Å². The second-order valence-electron chi connectivity index (χ2n) is 3.99. The fraction of sp³-hybridized carbons (Fsp3) is 0.385. The van der Waals surface area contributed by atoms with Gasteiger partial charge in [-0.1, -0.05) is 37.3 Å². The van der Waals surface area contributed by atoms with Gasteiger partial charge in [-0.15, -0.1) is 0 Å². The summed E-state index contributed by atoms with van der Waals surface area (Å²) in [5.74, 6) is -0.450. The summed E-state index contributed by atoms with van der Waals surface area (Å²) in [6, 6.07) is 9.08. The Hall–Kier alpha value is -1.48. The first-order chi connectivity index (χ1) is 7.63. The minimum absolute atomic E-state index is 0.0836. The number of nitrogens with two attached hydrogens (primary N) is 1. The lowest BCUT2D eigenvalue weighted by molar-refractivity contribution is -0.120. The standard InChI is InChI=1S/C13H16NO2/c1-10(9-15)7-13(16)12(14)8-11-5-3-2-4-6-11/h2-6,10,12H,7-8,14H2,1H3/t10-,12+/m0/s1. The smallest absolute Gasteiger partial charge is 0.201 e. The molecule has 1 rings (SSSR count). The predicted molar refractivity (Wildman–Crippen MR) is 62.6 cm³/mol. The molecule has 85 valence electrons. The van der Waals surface area contributed by atoms with E-state index in [-0.39, 0.29) is 18.1 Å². The molecule has 3 nitrogen and oxygen atoms in total. The van der Waals surface area contributed by atoms with E-state index in [4.69, 9.17) is 5.73 Å². The Bertz CT molecular complexity index is 348. The molecule has 0 fully saturated rings. The Morgan fingerprint density at radius 2 is 2.00 bits per heavy atom. The van der Waals surface area contributed by atoms with Crippen molar-refractivity contribution in [3.63, 3.8) is 0 Å². The van der Waals surface area contributed by atoms with E-state index in [0.717, 1.165) is 5.56 Å². The van der Waals surface area contributed by atoms with Gasteiger partial charge in [-0.05, 0) is 12.0 Å². The fourth-order valence-corrected chi connectivity index (χ4v) is 1.48. The van der Waals surface area contributed by atoms with E-state index < -0.39 is 6.04 Å². The Balaban J connectivity index is 2.49. The van der Waals surface area contributed by atoms with Crippen LogP contribution in [0, 0.1) is 5.92 Å². The van der Waals surface area contributed by atoms with Crippen LogP contribution in [0.4, 0.5) is 0 Å². The summed E-state index contributed by atoms with van der Waals surface area (Å²) in [4.78, 5) is 21.9. The Morgan fingerprint density at radius 3 is 2.56 bits per heavy atom. The van der Waals surface area contributed by atoms with E-state index in [0.29, 0.717) is 6.42 Å². The number of Topliss-reactive ketones (excluding diaryl/α,β-unsaturated/α-hetero) is 1. The van der Waals surface area contributed by atoms with Crippen molar-refractivity contribution in [1.82, 2.24) is 0 Å². The molecular weight excluding hydrogens is 202 g/mol.